The first-order chi connectivity index (χ1) is 11.8. The summed E-state index contributed by atoms with van der Waals surface area (Å²) in [6.45, 7) is 2.42. The summed E-state index contributed by atoms with van der Waals surface area (Å²) in [5.74, 6) is 0.792. The Kier molecular flexibility index (Phi) is 4.58. The molecule has 1 aliphatic carbocycles. The van der Waals surface area contributed by atoms with Gasteiger partial charge in [0, 0.05) is 55.1 Å². The molecule has 1 saturated heterocycles. The van der Waals surface area contributed by atoms with Crippen molar-refractivity contribution in [3.63, 3.8) is 0 Å². The molecule has 1 atom stereocenters. The summed E-state index contributed by atoms with van der Waals surface area (Å²) in [6.07, 6.45) is 10.3. The van der Waals surface area contributed by atoms with E-state index in [2.05, 4.69) is 15.3 Å². The zero-order chi connectivity index (χ0) is 16.4. The molecule has 0 unspecified atom stereocenters. The summed E-state index contributed by atoms with van der Waals surface area (Å²) in [4.78, 5) is 24.3. The fraction of sp³-hybridized carbons (Fsp3) is 0.500. The third-order valence-corrected chi connectivity index (χ3v) is 6.13. The lowest BCUT2D eigenvalue weighted by Crippen LogP contribution is -2.34. The van der Waals surface area contributed by atoms with Crippen molar-refractivity contribution < 1.29 is 4.79 Å². The number of thiazole rings is 1. The monoisotopic (exact) mass is 342 g/mol. The second-order valence-electron chi connectivity index (χ2n) is 6.65. The second-order valence-corrected chi connectivity index (χ2v) is 7.80. The lowest BCUT2D eigenvalue weighted by atomic mass is 9.86. The smallest absolute Gasteiger partial charge is 0.255 e. The first kappa shape index (κ1) is 15.7. The van der Waals surface area contributed by atoms with Crippen molar-refractivity contribution in [2.75, 3.05) is 13.1 Å². The summed E-state index contributed by atoms with van der Waals surface area (Å²) in [7, 11) is 0. The molecule has 6 heteroatoms. The van der Waals surface area contributed by atoms with Crippen LogP contribution in [0, 0.1) is 0 Å². The molecule has 2 aliphatic rings. The van der Waals surface area contributed by atoms with Crippen LogP contribution in [0.15, 0.2) is 30.7 Å². The third-order valence-electron chi connectivity index (χ3n) is 4.97. The van der Waals surface area contributed by atoms with E-state index in [9.17, 15) is 4.79 Å². The molecule has 2 fully saturated rings. The van der Waals surface area contributed by atoms with Crippen molar-refractivity contribution in [3.8, 4) is 0 Å². The number of aromatic nitrogens is 2. The van der Waals surface area contributed by atoms with Gasteiger partial charge in [0.2, 0.25) is 0 Å². The molecular weight excluding hydrogens is 320 g/mol. The highest BCUT2D eigenvalue weighted by Crippen LogP contribution is 2.38. The van der Waals surface area contributed by atoms with Gasteiger partial charge in [-0.15, -0.1) is 11.3 Å². The largest absolute Gasteiger partial charge is 0.337 e. The molecule has 4 rings (SSSR count). The van der Waals surface area contributed by atoms with Gasteiger partial charge in [0.15, 0.2) is 0 Å². The molecule has 24 heavy (non-hydrogen) atoms. The highest BCUT2D eigenvalue weighted by molar-refractivity contribution is 7.11. The Balaban J connectivity index is 1.28. The van der Waals surface area contributed by atoms with Crippen molar-refractivity contribution in [2.24, 2.45) is 0 Å². The first-order valence-electron chi connectivity index (χ1n) is 8.67. The zero-order valence-corrected chi connectivity index (χ0v) is 14.5. The SMILES string of the molecule is O=C(c1cccnc1)N1CC[C@H](NCc2cnc(C3CCC3)s2)C1. The first-order valence-corrected chi connectivity index (χ1v) is 9.48. The van der Waals surface area contributed by atoms with Crippen molar-refractivity contribution in [1.29, 1.82) is 0 Å². The Morgan fingerprint density at radius 3 is 3.00 bits per heavy atom. The van der Waals surface area contributed by atoms with Crippen LogP contribution in [-0.4, -0.2) is 39.9 Å². The molecule has 2 aromatic heterocycles. The number of nitrogens with zero attached hydrogens (tertiary/aromatic N) is 3. The molecule has 1 aliphatic heterocycles. The van der Waals surface area contributed by atoms with Crippen LogP contribution in [0.2, 0.25) is 0 Å². The molecule has 1 amide bonds. The Bertz CT molecular complexity index is 698. The number of pyridine rings is 1. The van der Waals surface area contributed by atoms with Crippen molar-refractivity contribution >= 4 is 17.2 Å². The lowest BCUT2D eigenvalue weighted by molar-refractivity contribution is 0.0789. The summed E-state index contributed by atoms with van der Waals surface area (Å²) in [5.41, 5.74) is 0.672. The minimum Gasteiger partial charge on any atom is -0.337 e. The van der Waals surface area contributed by atoms with Gasteiger partial charge < -0.3 is 10.2 Å². The maximum atomic E-state index is 12.4. The van der Waals surface area contributed by atoms with Crippen molar-refractivity contribution in [2.45, 2.75) is 44.2 Å². The molecule has 5 nitrogen and oxygen atoms in total. The number of carbonyl (C=O) groups excluding carboxylic acids is 1. The van der Waals surface area contributed by atoms with E-state index in [1.807, 2.05) is 34.6 Å². The molecule has 0 spiro atoms. The van der Waals surface area contributed by atoms with Crippen LogP contribution in [0.4, 0.5) is 0 Å². The number of likely N-dealkylation sites (tertiary alicyclic amines) is 1. The zero-order valence-electron chi connectivity index (χ0n) is 13.6. The molecule has 3 heterocycles. The average molecular weight is 342 g/mol. The molecular formula is C18H22N4OS. The summed E-state index contributed by atoms with van der Waals surface area (Å²) in [6, 6.07) is 4.00. The number of hydrogen-bond donors (Lipinski definition) is 1. The molecule has 1 N–H and O–H groups in total. The summed E-state index contributed by atoms with van der Waals surface area (Å²) in [5, 5.41) is 4.89. The summed E-state index contributed by atoms with van der Waals surface area (Å²) >= 11 is 1.84. The quantitative estimate of drug-likeness (QED) is 0.908. The Morgan fingerprint density at radius 1 is 1.33 bits per heavy atom. The molecule has 0 aromatic carbocycles. The van der Waals surface area contributed by atoms with Gasteiger partial charge in [-0.3, -0.25) is 9.78 Å². The minimum absolute atomic E-state index is 0.0810. The number of nitrogens with one attached hydrogen (secondary N) is 1. The maximum Gasteiger partial charge on any atom is 0.255 e. The molecule has 2 aromatic rings. The van der Waals surface area contributed by atoms with E-state index in [0.717, 1.165) is 26.1 Å². The average Bonchev–Trinajstić information content (AvgIpc) is 3.21. The standard InChI is InChI=1S/C18H22N4OS/c23-18(14-5-2-7-19-9-14)22-8-6-15(12-22)20-10-16-11-21-17(24-16)13-3-1-4-13/h2,5,7,9,11,13,15,20H,1,3-4,6,8,10,12H2/t15-/m0/s1. The predicted octanol–water partition coefficient (Wildman–Crippen LogP) is 2.81. The fourth-order valence-electron chi connectivity index (χ4n) is 3.28. The summed E-state index contributed by atoms with van der Waals surface area (Å²) < 4.78 is 0. The van der Waals surface area contributed by atoms with Gasteiger partial charge in [-0.25, -0.2) is 4.98 Å². The predicted molar refractivity (Wildman–Crippen MR) is 94.1 cm³/mol. The van der Waals surface area contributed by atoms with Gasteiger partial charge in [-0.05, 0) is 31.4 Å². The highest BCUT2D eigenvalue weighted by Gasteiger charge is 2.27. The van der Waals surface area contributed by atoms with E-state index in [4.69, 9.17) is 0 Å². The Hall–Kier alpha value is -1.79. The van der Waals surface area contributed by atoms with E-state index in [1.54, 1.807) is 12.4 Å². The van der Waals surface area contributed by atoms with Crippen LogP contribution < -0.4 is 5.32 Å². The normalized spacial score (nSPS) is 21.0. The van der Waals surface area contributed by atoms with E-state index in [1.165, 1.54) is 29.1 Å². The topological polar surface area (TPSA) is 58.1 Å². The van der Waals surface area contributed by atoms with Gasteiger partial charge in [-0.1, -0.05) is 6.42 Å². The van der Waals surface area contributed by atoms with E-state index in [0.29, 0.717) is 17.5 Å². The molecule has 0 radical (unpaired) electrons. The Labute approximate surface area is 146 Å². The van der Waals surface area contributed by atoms with Crippen LogP contribution in [-0.2, 0) is 6.54 Å². The van der Waals surface area contributed by atoms with Gasteiger partial charge in [0.05, 0.1) is 10.6 Å². The second kappa shape index (κ2) is 6.99. The van der Waals surface area contributed by atoms with E-state index < -0.39 is 0 Å². The number of hydrogen-bond acceptors (Lipinski definition) is 5. The van der Waals surface area contributed by atoms with Crippen LogP contribution in [0.25, 0.3) is 0 Å². The Morgan fingerprint density at radius 2 is 2.25 bits per heavy atom. The highest BCUT2D eigenvalue weighted by atomic mass is 32.1. The third kappa shape index (κ3) is 3.35. The van der Waals surface area contributed by atoms with Crippen LogP contribution in [0.1, 0.15) is 51.8 Å². The molecule has 1 saturated carbocycles. The van der Waals surface area contributed by atoms with Gasteiger partial charge in [-0.2, -0.15) is 0 Å². The van der Waals surface area contributed by atoms with E-state index >= 15 is 0 Å². The van der Waals surface area contributed by atoms with Crippen molar-refractivity contribution in [1.82, 2.24) is 20.2 Å². The number of amides is 1. The van der Waals surface area contributed by atoms with Gasteiger partial charge >= 0.3 is 0 Å². The number of rotatable bonds is 5. The fourth-order valence-corrected chi connectivity index (χ4v) is 4.31. The molecule has 126 valence electrons. The van der Waals surface area contributed by atoms with E-state index in [-0.39, 0.29) is 5.91 Å². The minimum atomic E-state index is 0.0810. The lowest BCUT2D eigenvalue weighted by Gasteiger charge is -2.22. The van der Waals surface area contributed by atoms with Gasteiger partial charge in [0.1, 0.15) is 0 Å². The van der Waals surface area contributed by atoms with Crippen LogP contribution in [0.5, 0.6) is 0 Å². The van der Waals surface area contributed by atoms with Crippen LogP contribution >= 0.6 is 11.3 Å². The molecule has 0 bridgehead atoms. The van der Waals surface area contributed by atoms with Crippen LogP contribution in [0.3, 0.4) is 0 Å². The van der Waals surface area contributed by atoms with Crippen molar-refractivity contribution in [3.05, 3.63) is 46.2 Å². The maximum absolute atomic E-state index is 12.4. The van der Waals surface area contributed by atoms with Gasteiger partial charge in [0.25, 0.3) is 5.91 Å². The number of carbonyl (C=O) groups is 1.